The number of pyridine rings is 1. The first-order chi connectivity index (χ1) is 18.0. The number of ether oxygens (including phenoxy) is 4. The van der Waals surface area contributed by atoms with Gasteiger partial charge in [0.2, 0.25) is 0 Å². The summed E-state index contributed by atoms with van der Waals surface area (Å²) in [5.41, 5.74) is 0.962. The number of hydrogen-bond donors (Lipinski definition) is 2. The molecule has 0 aliphatic carbocycles. The Hall–Kier alpha value is -3.82. The molecule has 1 atom stereocenters. The minimum atomic E-state index is -0.691. The lowest BCUT2D eigenvalue weighted by Crippen LogP contribution is -2.34. The summed E-state index contributed by atoms with van der Waals surface area (Å²) >= 11 is 0. The predicted molar refractivity (Wildman–Crippen MR) is 138 cm³/mol. The average Bonchev–Trinajstić information content (AvgIpc) is 3.40. The summed E-state index contributed by atoms with van der Waals surface area (Å²) in [5.74, 6) is -0.190. The number of methoxy groups -OCH3 is 2. The summed E-state index contributed by atoms with van der Waals surface area (Å²) in [6.45, 7) is 3.39. The molecule has 1 fully saturated rings. The van der Waals surface area contributed by atoms with Crippen molar-refractivity contribution in [2.45, 2.75) is 32.7 Å². The number of benzene rings is 2. The maximum atomic E-state index is 13.5. The number of hydrogen-bond acceptors (Lipinski definition) is 7. The van der Waals surface area contributed by atoms with E-state index < -0.39 is 17.2 Å². The molecule has 0 spiro atoms. The Morgan fingerprint density at radius 3 is 2.38 bits per heavy atom. The van der Waals surface area contributed by atoms with Crippen molar-refractivity contribution in [1.29, 1.82) is 0 Å². The van der Waals surface area contributed by atoms with E-state index in [2.05, 4.69) is 4.98 Å². The van der Waals surface area contributed by atoms with E-state index in [4.69, 9.17) is 18.9 Å². The number of H-pyrrole nitrogens is 1. The van der Waals surface area contributed by atoms with E-state index in [1.165, 1.54) is 19.1 Å². The molecule has 1 unspecified atom stereocenters. The van der Waals surface area contributed by atoms with Gasteiger partial charge in [0.15, 0.2) is 0 Å². The van der Waals surface area contributed by atoms with Crippen LogP contribution in [0.2, 0.25) is 0 Å². The van der Waals surface area contributed by atoms with Gasteiger partial charge in [0, 0.05) is 19.7 Å². The minimum absolute atomic E-state index is 0.0173. The number of aromatic nitrogens is 1. The summed E-state index contributed by atoms with van der Waals surface area (Å²) in [6, 6.07) is 15.0. The maximum Gasteiger partial charge on any atom is 0.264 e. The van der Waals surface area contributed by atoms with Crippen LogP contribution in [0.25, 0.3) is 11.1 Å². The van der Waals surface area contributed by atoms with Gasteiger partial charge < -0.3 is 33.9 Å². The molecule has 9 heteroatoms. The van der Waals surface area contributed by atoms with Crippen molar-refractivity contribution in [3.05, 3.63) is 75.7 Å². The van der Waals surface area contributed by atoms with Crippen LogP contribution in [0.3, 0.4) is 0 Å². The van der Waals surface area contributed by atoms with Gasteiger partial charge in [0.25, 0.3) is 11.5 Å². The molecule has 1 aliphatic heterocycles. The number of aromatic amines is 1. The fourth-order valence-electron chi connectivity index (χ4n) is 4.51. The number of carbonyl (C=O) groups excluding carboxylic acids is 1. The first kappa shape index (κ1) is 26.2. The third kappa shape index (κ3) is 5.63. The van der Waals surface area contributed by atoms with Gasteiger partial charge in [-0.25, -0.2) is 0 Å². The lowest BCUT2D eigenvalue weighted by Gasteiger charge is -2.21. The first-order valence-electron chi connectivity index (χ1n) is 12.2. The van der Waals surface area contributed by atoms with Crippen LogP contribution in [0.15, 0.2) is 53.3 Å². The van der Waals surface area contributed by atoms with Crippen LogP contribution < -0.4 is 15.0 Å². The van der Waals surface area contributed by atoms with Crippen molar-refractivity contribution in [1.82, 2.24) is 9.88 Å². The highest BCUT2D eigenvalue weighted by atomic mass is 16.5. The lowest BCUT2D eigenvalue weighted by molar-refractivity contribution is 0.0436. The summed E-state index contributed by atoms with van der Waals surface area (Å²) in [6.07, 6.45) is 0.462. The maximum absolute atomic E-state index is 13.5. The first-order valence-corrected chi connectivity index (χ1v) is 12.2. The second-order valence-corrected chi connectivity index (χ2v) is 8.66. The molecule has 1 aromatic heterocycles. The zero-order valence-electron chi connectivity index (χ0n) is 21.3. The summed E-state index contributed by atoms with van der Waals surface area (Å²) < 4.78 is 22.6. The minimum Gasteiger partial charge on any atom is -0.506 e. The Morgan fingerprint density at radius 2 is 1.73 bits per heavy atom. The summed E-state index contributed by atoms with van der Waals surface area (Å²) in [7, 11) is 2.99. The van der Waals surface area contributed by atoms with Gasteiger partial charge in [0.05, 0.1) is 50.4 Å². The zero-order chi connectivity index (χ0) is 26.4. The van der Waals surface area contributed by atoms with E-state index in [1.54, 1.807) is 18.2 Å². The summed E-state index contributed by atoms with van der Waals surface area (Å²) in [4.78, 5) is 30.9. The molecular weight excluding hydrogens is 476 g/mol. The molecule has 9 nitrogen and oxygen atoms in total. The highest BCUT2D eigenvalue weighted by Gasteiger charge is 2.33. The normalized spacial score (nSPS) is 15.1. The number of rotatable bonds is 10. The van der Waals surface area contributed by atoms with Gasteiger partial charge in [0.1, 0.15) is 22.8 Å². The van der Waals surface area contributed by atoms with E-state index >= 15 is 0 Å². The van der Waals surface area contributed by atoms with Crippen molar-refractivity contribution in [3.8, 4) is 28.4 Å². The molecule has 2 aromatic carbocycles. The molecule has 1 aliphatic rings. The van der Waals surface area contributed by atoms with E-state index in [9.17, 15) is 14.7 Å². The van der Waals surface area contributed by atoms with Crippen molar-refractivity contribution in [2.24, 2.45) is 0 Å². The molecule has 0 bridgehead atoms. The standard InChI is InChI=1S/C28H32N2O7/c1-4-36-17-20-23(24-21(34-2)11-8-12-22(24)35-3)26(31)25(27(32)29-20)28(33)30-14-13-19(15-30)37-16-18-9-6-5-7-10-18/h5-12,19H,4,13-17H2,1-3H3,(H2,29,31,32). The van der Waals surface area contributed by atoms with Crippen LogP contribution in [0.4, 0.5) is 0 Å². The van der Waals surface area contributed by atoms with Crippen molar-refractivity contribution in [3.63, 3.8) is 0 Å². The molecule has 3 aromatic rings. The van der Waals surface area contributed by atoms with E-state index in [1.807, 2.05) is 37.3 Å². The summed E-state index contributed by atoms with van der Waals surface area (Å²) in [5, 5.41) is 11.4. The van der Waals surface area contributed by atoms with Crippen LogP contribution in [0, 0.1) is 0 Å². The molecule has 1 amide bonds. The Labute approximate surface area is 215 Å². The smallest absolute Gasteiger partial charge is 0.264 e. The molecular formula is C28H32N2O7. The molecule has 37 heavy (non-hydrogen) atoms. The monoisotopic (exact) mass is 508 g/mol. The van der Waals surface area contributed by atoms with E-state index in [-0.39, 0.29) is 23.8 Å². The van der Waals surface area contributed by atoms with Gasteiger partial charge in [-0.2, -0.15) is 0 Å². The van der Waals surface area contributed by atoms with Crippen LogP contribution in [-0.4, -0.2) is 60.9 Å². The van der Waals surface area contributed by atoms with Gasteiger partial charge >= 0.3 is 0 Å². The highest BCUT2D eigenvalue weighted by molar-refractivity contribution is 6.00. The Bertz CT molecular complexity index is 1270. The number of amides is 1. The van der Waals surface area contributed by atoms with Gasteiger partial charge in [-0.05, 0) is 31.0 Å². The van der Waals surface area contributed by atoms with Gasteiger partial charge in [-0.15, -0.1) is 0 Å². The molecule has 4 rings (SSSR count). The van der Waals surface area contributed by atoms with Crippen LogP contribution in [0.5, 0.6) is 17.2 Å². The lowest BCUT2D eigenvalue weighted by atomic mass is 9.97. The average molecular weight is 509 g/mol. The molecule has 0 radical (unpaired) electrons. The van der Waals surface area contributed by atoms with Crippen LogP contribution >= 0.6 is 0 Å². The second-order valence-electron chi connectivity index (χ2n) is 8.66. The Balaban J connectivity index is 1.67. The van der Waals surface area contributed by atoms with Crippen LogP contribution in [-0.2, 0) is 22.7 Å². The van der Waals surface area contributed by atoms with E-state index in [0.29, 0.717) is 55.5 Å². The highest BCUT2D eigenvalue weighted by Crippen LogP contribution is 2.44. The third-order valence-electron chi connectivity index (χ3n) is 6.37. The molecule has 1 saturated heterocycles. The zero-order valence-corrected chi connectivity index (χ0v) is 21.3. The number of nitrogens with zero attached hydrogens (tertiary/aromatic N) is 1. The SMILES string of the molecule is CCOCc1[nH]c(=O)c(C(=O)N2CCC(OCc3ccccc3)C2)c(O)c1-c1c(OC)cccc1OC. The van der Waals surface area contributed by atoms with E-state index in [0.717, 1.165) is 5.56 Å². The number of carbonyl (C=O) groups is 1. The molecule has 2 heterocycles. The fraction of sp³-hybridized carbons (Fsp3) is 0.357. The fourth-order valence-corrected chi connectivity index (χ4v) is 4.51. The molecule has 196 valence electrons. The Morgan fingerprint density at radius 1 is 1.03 bits per heavy atom. The Kier molecular flexibility index (Phi) is 8.47. The molecule has 0 saturated carbocycles. The second kappa shape index (κ2) is 11.9. The third-order valence-corrected chi connectivity index (χ3v) is 6.37. The topological polar surface area (TPSA) is 110 Å². The number of likely N-dealkylation sites (tertiary alicyclic amines) is 1. The van der Waals surface area contributed by atoms with Crippen molar-refractivity contribution >= 4 is 5.91 Å². The van der Waals surface area contributed by atoms with Crippen molar-refractivity contribution < 1.29 is 28.8 Å². The van der Waals surface area contributed by atoms with Gasteiger partial charge in [-0.3, -0.25) is 9.59 Å². The largest absolute Gasteiger partial charge is 0.506 e. The number of aromatic hydroxyl groups is 1. The van der Waals surface area contributed by atoms with Gasteiger partial charge in [-0.1, -0.05) is 36.4 Å². The van der Waals surface area contributed by atoms with Crippen LogP contribution in [0.1, 0.15) is 35.0 Å². The molecule has 2 N–H and O–H groups in total. The quantitative estimate of drug-likeness (QED) is 0.429. The van der Waals surface area contributed by atoms with Crippen molar-refractivity contribution in [2.75, 3.05) is 33.9 Å². The number of nitrogens with one attached hydrogen (secondary N) is 1. The predicted octanol–water partition coefficient (Wildman–Crippen LogP) is 3.73.